The van der Waals surface area contributed by atoms with Gasteiger partial charge in [0.15, 0.2) is 5.65 Å². The normalized spacial score (nSPS) is 28.2. The van der Waals surface area contributed by atoms with Crippen LogP contribution in [0.4, 0.5) is 10.2 Å². The van der Waals surface area contributed by atoms with Crippen LogP contribution in [0.5, 0.6) is 0 Å². The lowest BCUT2D eigenvalue weighted by Gasteiger charge is -2.30. The smallest absolute Gasteiger partial charge is 0.257 e. The van der Waals surface area contributed by atoms with Gasteiger partial charge in [-0.2, -0.15) is 5.10 Å². The van der Waals surface area contributed by atoms with Crippen LogP contribution in [0, 0.1) is 17.7 Å². The monoisotopic (exact) mass is 403 g/mol. The number of hydrogen-bond donors (Lipinski definition) is 1. The molecule has 2 aliphatic heterocycles. The Labute approximate surface area is 173 Å². The van der Waals surface area contributed by atoms with Crippen molar-refractivity contribution in [3.8, 4) is 0 Å². The second-order valence-electron chi connectivity index (χ2n) is 9.45. The summed E-state index contributed by atoms with van der Waals surface area (Å²) in [6, 6.07) is 7.35. The molecule has 7 rings (SSSR count). The summed E-state index contributed by atoms with van der Waals surface area (Å²) < 4.78 is 16.0. The highest BCUT2D eigenvalue weighted by Gasteiger charge is 2.54. The highest BCUT2D eigenvalue weighted by atomic mass is 19.1. The summed E-state index contributed by atoms with van der Waals surface area (Å²) in [5.41, 5.74) is 3.23. The lowest BCUT2D eigenvalue weighted by molar-refractivity contribution is 0.0930. The minimum atomic E-state index is -0.182. The van der Waals surface area contributed by atoms with Gasteiger partial charge in [0, 0.05) is 18.3 Å². The number of halogens is 1. The topological polar surface area (TPSA) is 62.5 Å². The van der Waals surface area contributed by atoms with Gasteiger partial charge in [-0.05, 0) is 73.3 Å². The predicted molar refractivity (Wildman–Crippen MR) is 109 cm³/mol. The highest BCUT2D eigenvalue weighted by molar-refractivity contribution is 6.00. The van der Waals surface area contributed by atoms with Gasteiger partial charge in [-0.3, -0.25) is 4.79 Å². The molecule has 30 heavy (non-hydrogen) atoms. The van der Waals surface area contributed by atoms with E-state index in [1.165, 1.54) is 12.0 Å². The molecule has 3 aromatic rings. The van der Waals surface area contributed by atoms with E-state index in [1.807, 2.05) is 18.3 Å². The lowest BCUT2D eigenvalue weighted by Crippen LogP contribution is -2.37. The van der Waals surface area contributed by atoms with Crippen molar-refractivity contribution in [1.29, 1.82) is 0 Å². The van der Waals surface area contributed by atoms with Crippen molar-refractivity contribution in [1.82, 2.24) is 19.9 Å². The third-order valence-corrected chi connectivity index (χ3v) is 7.57. The van der Waals surface area contributed by atoms with E-state index in [0.29, 0.717) is 23.0 Å². The van der Waals surface area contributed by atoms with Gasteiger partial charge in [0.1, 0.15) is 17.2 Å². The van der Waals surface area contributed by atoms with E-state index >= 15 is 0 Å². The number of hydrogen-bond acceptors (Lipinski definition) is 4. The summed E-state index contributed by atoms with van der Waals surface area (Å²) in [7, 11) is 0. The molecule has 1 N–H and O–H groups in total. The molecule has 3 atom stereocenters. The zero-order valence-corrected chi connectivity index (χ0v) is 16.5. The van der Waals surface area contributed by atoms with Crippen LogP contribution in [0.2, 0.25) is 0 Å². The second-order valence-corrected chi connectivity index (χ2v) is 9.45. The van der Waals surface area contributed by atoms with Crippen LogP contribution in [-0.4, -0.2) is 32.6 Å². The first kappa shape index (κ1) is 16.8. The van der Waals surface area contributed by atoms with Gasteiger partial charge in [-0.25, -0.2) is 13.9 Å². The van der Waals surface area contributed by atoms with Gasteiger partial charge in [0.2, 0.25) is 0 Å². The molecule has 6 nitrogen and oxygen atoms in total. The number of rotatable bonds is 0. The van der Waals surface area contributed by atoms with E-state index in [9.17, 15) is 9.18 Å². The molecule has 0 radical (unpaired) electrons. The number of carbonyl (C=O) groups excluding carboxylic acids is 1. The Bertz CT molecular complexity index is 1220. The van der Waals surface area contributed by atoms with Gasteiger partial charge in [-0.15, -0.1) is 0 Å². The summed E-state index contributed by atoms with van der Waals surface area (Å²) in [4.78, 5) is 20.2. The number of aromatic nitrogens is 3. The van der Waals surface area contributed by atoms with E-state index < -0.39 is 0 Å². The molecule has 2 bridgehead atoms. The summed E-state index contributed by atoms with van der Waals surface area (Å²) in [5.74, 6) is 1.74. The maximum atomic E-state index is 14.3. The zero-order valence-electron chi connectivity index (χ0n) is 16.5. The molecule has 152 valence electrons. The summed E-state index contributed by atoms with van der Waals surface area (Å²) in [6.07, 6.45) is 8.34. The Kier molecular flexibility index (Phi) is 3.13. The first-order valence-corrected chi connectivity index (χ1v) is 10.8. The van der Waals surface area contributed by atoms with Crippen LogP contribution >= 0.6 is 0 Å². The quantitative estimate of drug-likeness (QED) is 0.626. The Morgan fingerprint density at radius 2 is 2.10 bits per heavy atom. The molecule has 4 heterocycles. The van der Waals surface area contributed by atoms with Crippen molar-refractivity contribution in [2.75, 3.05) is 11.4 Å². The summed E-state index contributed by atoms with van der Waals surface area (Å²) >= 11 is 0. The van der Waals surface area contributed by atoms with Crippen LogP contribution in [0.3, 0.4) is 0 Å². The molecule has 1 amide bonds. The molecule has 2 saturated carbocycles. The average Bonchev–Trinajstić information content (AvgIpc) is 3.60. The van der Waals surface area contributed by atoms with Gasteiger partial charge in [0.05, 0.1) is 12.2 Å². The Hall–Kier alpha value is -2.96. The fourth-order valence-electron chi connectivity index (χ4n) is 5.62. The minimum absolute atomic E-state index is 0.105. The van der Waals surface area contributed by atoms with Crippen molar-refractivity contribution >= 4 is 17.4 Å². The van der Waals surface area contributed by atoms with Crippen LogP contribution in [0.1, 0.15) is 53.2 Å². The Morgan fingerprint density at radius 1 is 1.20 bits per heavy atom. The average molecular weight is 403 g/mol. The molecule has 7 heteroatoms. The van der Waals surface area contributed by atoms with Crippen molar-refractivity contribution in [2.45, 2.75) is 43.7 Å². The second kappa shape index (κ2) is 5.59. The number of anilines is 1. The number of fused-ring (bicyclic) bond motifs is 7. The predicted octanol–water partition coefficient (Wildman–Crippen LogP) is 3.27. The molecule has 1 aromatic carbocycles. The van der Waals surface area contributed by atoms with Crippen LogP contribution in [0.25, 0.3) is 5.65 Å². The largest absolute Gasteiger partial charge is 0.349 e. The lowest BCUT2D eigenvalue weighted by atomic mass is 9.92. The van der Waals surface area contributed by atoms with Crippen LogP contribution in [-0.2, 0) is 6.42 Å². The van der Waals surface area contributed by atoms with E-state index in [2.05, 4.69) is 15.3 Å². The zero-order chi connectivity index (χ0) is 20.0. The van der Waals surface area contributed by atoms with Gasteiger partial charge >= 0.3 is 0 Å². The number of carbonyl (C=O) groups is 1. The van der Waals surface area contributed by atoms with Crippen molar-refractivity contribution in [3.63, 3.8) is 0 Å². The molecular weight excluding hydrogens is 381 g/mol. The first-order valence-electron chi connectivity index (χ1n) is 10.8. The SMILES string of the molecule is O=C1NC2(CCc3ccc(F)cc3[C@H]3[C@@H]4C[C@@H]4CN3c3ccn4ncc1c4n3)CC2. The standard InChI is InChI=1S/C23H22FN5O/c24-15-2-1-13-3-5-23(6-7-23)27-22(30)18-11-25-29-8-4-19(26-21(18)29)28-12-14-9-16(14)20(28)17(13)10-15/h1-2,4,8,10-11,14,16,20H,3,5-7,9,12H2,(H,27,30)/t14-,16-,20-/m1/s1. The number of nitrogens with zero attached hydrogens (tertiary/aromatic N) is 4. The Balaban J connectivity index is 1.43. The molecule has 1 spiro atoms. The van der Waals surface area contributed by atoms with E-state index in [0.717, 1.165) is 43.6 Å². The van der Waals surface area contributed by atoms with E-state index in [4.69, 9.17) is 4.98 Å². The number of benzene rings is 1. The number of piperidine rings is 1. The number of aryl methyl sites for hydroxylation is 1. The summed E-state index contributed by atoms with van der Waals surface area (Å²) in [5, 5.41) is 7.58. The van der Waals surface area contributed by atoms with Crippen LogP contribution < -0.4 is 10.2 Å². The van der Waals surface area contributed by atoms with Crippen LogP contribution in [0.15, 0.2) is 36.7 Å². The molecular formula is C23H22FN5O. The first-order chi connectivity index (χ1) is 14.6. The number of nitrogens with one attached hydrogen (secondary N) is 1. The van der Waals surface area contributed by atoms with Crippen molar-refractivity contribution < 1.29 is 9.18 Å². The molecule has 4 aliphatic rings. The fourth-order valence-corrected chi connectivity index (χ4v) is 5.62. The van der Waals surface area contributed by atoms with Gasteiger partial charge < -0.3 is 10.2 Å². The van der Waals surface area contributed by atoms with Crippen molar-refractivity contribution in [2.24, 2.45) is 11.8 Å². The maximum absolute atomic E-state index is 14.3. The third kappa shape index (κ3) is 2.38. The molecule has 2 aromatic heterocycles. The van der Waals surface area contributed by atoms with Gasteiger partial charge in [0.25, 0.3) is 5.91 Å². The number of amides is 1. The maximum Gasteiger partial charge on any atom is 0.257 e. The molecule has 1 saturated heterocycles. The van der Waals surface area contributed by atoms with Crippen molar-refractivity contribution in [3.05, 3.63) is 59.2 Å². The van der Waals surface area contributed by atoms with E-state index in [-0.39, 0.29) is 23.3 Å². The van der Waals surface area contributed by atoms with E-state index in [1.54, 1.807) is 22.8 Å². The third-order valence-electron chi connectivity index (χ3n) is 7.57. The fraction of sp³-hybridized carbons (Fsp3) is 0.435. The summed E-state index contributed by atoms with van der Waals surface area (Å²) in [6.45, 7) is 0.925. The molecule has 0 unspecified atom stereocenters. The molecule has 3 fully saturated rings. The Morgan fingerprint density at radius 3 is 2.97 bits per heavy atom. The minimum Gasteiger partial charge on any atom is -0.349 e. The highest BCUT2D eigenvalue weighted by Crippen LogP contribution is 2.58. The van der Waals surface area contributed by atoms with Gasteiger partial charge in [-0.1, -0.05) is 6.07 Å². The molecule has 2 aliphatic carbocycles.